The second-order valence-electron chi connectivity index (χ2n) is 5.56. The number of nitriles is 1. The van der Waals surface area contributed by atoms with E-state index in [9.17, 15) is 10.1 Å². The number of benzene rings is 2. The largest absolute Gasteiger partial charge is 0.496 e. The maximum atomic E-state index is 11.9. The van der Waals surface area contributed by atoms with Crippen molar-refractivity contribution < 1.29 is 14.3 Å². The molecular formula is C20H17N3O3. The van der Waals surface area contributed by atoms with Gasteiger partial charge in [0.05, 0.1) is 19.7 Å². The van der Waals surface area contributed by atoms with Crippen molar-refractivity contribution in [3.63, 3.8) is 0 Å². The molecule has 1 aromatic heterocycles. The van der Waals surface area contributed by atoms with E-state index < -0.39 is 5.97 Å². The Hall–Kier alpha value is -3.59. The van der Waals surface area contributed by atoms with Crippen molar-refractivity contribution in [2.75, 3.05) is 19.5 Å². The molecule has 0 saturated carbocycles. The molecule has 1 heterocycles. The number of methoxy groups -OCH3 is 2. The summed E-state index contributed by atoms with van der Waals surface area (Å²) in [7, 11) is 2.84. The monoisotopic (exact) mass is 347 g/mol. The minimum Gasteiger partial charge on any atom is -0.496 e. The van der Waals surface area contributed by atoms with Gasteiger partial charge in [-0.05, 0) is 29.8 Å². The number of carbonyl (C=O) groups excluding carboxylic acids is 1. The summed E-state index contributed by atoms with van der Waals surface area (Å²) in [5, 5.41) is 13.4. The molecule has 130 valence electrons. The van der Waals surface area contributed by atoms with Crippen LogP contribution in [0.2, 0.25) is 0 Å². The maximum Gasteiger partial charge on any atom is 0.341 e. The van der Waals surface area contributed by atoms with E-state index in [2.05, 4.69) is 16.4 Å². The number of hydrogen-bond donors (Lipinski definition) is 1. The van der Waals surface area contributed by atoms with E-state index in [1.54, 1.807) is 18.2 Å². The maximum absolute atomic E-state index is 11.9. The highest BCUT2D eigenvalue weighted by Crippen LogP contribution is 2.25. The molecular weight excluding hydrogens is 330 g/mol. The summed E-state index contributed by atoms with van der Waals surface area (Å²) in [4.78, 5) is 16.2. The van der Waals surface area contributed by atoms with Gasteiger partial charge in [-0.2, -0.15) is 5.26 Å². The summed E-state index contributed by atoms with van der Waals surface area (Å²) in [6, 6.07) is 16.7. The molecule has 0 bridgehead atoms. The molecule has 2 aromatic carbocycles. The molecule has 0 saturated heterocycles. The Bertz CT molecular complexity index is 1010. The molecule has 26 heavy (non-hydrogen) atoms. The number of fused-ring (bicyclic) bond motifs is 1. The first-order valence-corrected chi connectivity index (χ1v) is 7.95. The number of nitrogens with zero attached hydrogens (tertiary/aromatic N) is 2. The number of ether oxygens (including phenoxy) is 2. The van der Waals surface area contributed by atoms with Crippen LogP contribution in [0.1, 0.15) is 21.6 Å². The average Bonchev–Trinajstić information content (AvgIpc) is 2.70. The summed E-state index contributed by atoms with van der Waals surface area (Å²) in [6.07, 6.45) is 0. The molecule has 3 rings (SSSR count). The van der Waals surface area contributed by atoms with E-state index in [-0.39, 0.29) is 0 Å². The van der Waals surface area contributed by atoms with Gasteiger partial charge in [-0.3, -0.25) is 0 Å². The Morgan fingerprint density at radius 1 is 1.19 bits per heavy atom. The lowest BCUT2D eigenvalue weighted by atomic mass is 10.1. The zero-order valence-corrected chi connectivity index (χ0v) is 14.4. The fourth-order valence-electron chi connectivity index (χ4n) is 2.71. The van der Waals surface area contributed by atoms with Crippen molar-refractivity contribution in [3.8, 4) is 11.8 Å². The first-order valence-electron chi connectivity index (χ1n) is 7.95. The molecule has 0 aliphatic rings. The Labute approximate surface area is 151 Å². The smallest absolute Gasteiger partial charge is 0.341 e. The van der Waals surface area contributed by atoms with Crippen molar-refractivity contribution in [1.29, 1.82) is 5.26 Å². The normalized spacial score (nSPS) is 10.2. The Morgan fingerprint density at radius 2 is 2.00 bits per heavy atom. The number of aromatic nitrogens is 1. The van der Waals surface area contributed by atoms with Crippen molar-refractivity contribution >= 4 is 22.6 Å². The third-order valence-corrected chi connectivity index (χ3v) is 3.98. The van der Waals surface area contributed by atoms with Crippen LogP contribution in [0.5, 0.6) is 5.75 Å². The molecule has 0 radical (unpaired) electrons. The number of carbonyl (C=O) groups is 1. The van der Waals surface area contributed by atoms with Gasteiger partial charge in [0.15, 0.2) is 0 Å². The number of rotatable bonds is 5. The Balaban J connectivity index is 1.91. The van der Waals surface area contributed by atoms with Gasteiger partial charge < -0.3 is 14.8 Å². The van der Waals surface area contributed by atoms with Gasteiger partial charge in [-0.15, -0.1) is 0 Å². The van der Waals surface area contributed by atoms with Crippen LogP contribution in [0, 0.1) is 11.3 Å². The van der Waals surface area contributed by atoms with E-state index in [1.165, 1.54) is 14.2 Å². The standard InChI is InChI=1S/C20H17N3O3/c1-25-19-8-7-13(9-16(19)20(24)26-2)12-22-18-10-14(11-21)23-17-6-4-3-5-15(17)18/h3-10H,12H2,1-2H3,(H,22,23). The lowest BCUT2D eigenvalue weighted by molar-refractivity contribution is 0.0597. The van der Waals surface area contributed by atoms with Gasteiger partial charge in [0, 0.05) is 17.6 Å². The zero-order chi connectivity index (χ0) is 18.5. The van der Waals surface area contributed by atoms with E-state index >= 15 is 0 Å². The quantitative estimate of drug-likeness (QED) is 0.711. The minimum absolute atomic E-state index is 0.344. The third kappa shape index (κ3) is 3.42. The molecule has 0 aliphatic carbocycles. The average molecular weight is 347 g/mol. The van der Waals surface area contributed by atoms with E-state index in [0.29, 0.717) is 23.6 Å². The highest BCUT2D eigenvalue weighted by molar-refractivity contribution is 5.93. The molecule has 0 spiro atoms. The van der Waals surface area contributed by atoms with Crippen LogP contribution in [-0.4, -0.2) is 25.2 Å². The van der Waals surface area contributed by atoms with Crippen LogP contribution in [0.25, 0.3) is 10.9 Å². The summed E-state index contributed by atoms with van der Waals surface area (Å²) in [5.74, 6) is 0.00607. The summed E-state index contributed by atoms with van der Waals surface area (Å²) >= 11 is 0. The van der Waals surface area contributed by atoms with Crippen LogP contribution in [-0.2, 0) is 11.3 Å². The highest BCUT2D eigenvalue weighted by Gasteiger charge is 2.13. The molecule has 0 fully saturated rings. The van der Waals surface area contributed by atoms with Crippen LogP contribution < -0.4 is 10.1 Å². The van der Waals surface area contributed by atoms with Crippen molar-refractivity contribution in [3.05, 3.63) is 65.4 Å². The van der Waals surface area contributed by atoms with E-state index in [1.807, 2.05) is 30.3 Å². The van der Waals surface area contributed by atoms with Gasteiger partial charge in [0.1, 0.15) is 23.1 Å². The number of hydrogen-bond acceptors (Lipinski definition) is 6. The molecule has 6 nitrogen and oxygen atoms in total. The lowest BCUT2D eigenvalue weighted by Crippen LogP contribution is -2.07. The molecule has 0 atom stereocenters. The van der Waals surface area contributed by atoms with Gasteiger partial charge >= 0.3 is 5.97 Å². The van der Waals surface area contributed by atoms with E-state index in [0.717, 1.165) is 22.2 Å². The van der Waals surface area contributed by atoms with Gasteiger partial charge in [0.25, 0.3) is 0 Å². The Kier molecular flexibility index (Phi) is 4.99. The van der Waals surface area contributed by atoms with E-state index in [4.69, 9.17) is 9.47 Å². The molecule has 0 amide bonds. The zero-order valence-electron chi connectivity index (χ0n) is 14.4. The molecule has 3 aromatic rings. The lowest BCUT2D eigenvalue weighted by Gasteiger charge is -2.12. The summed E-state index contributed by atoms with van der Waals surface area (Å²) < 4.78 is 10.0. The van der Waals surface area contributed by atoms with Crippen LogP contribution in [0.4, 0.5) is 5.69 Å². The SMILES string of the molecule is COC(=O)c1cc(CNc2cc(C#N)nc3ccccc23)ccc1OC. The first-order chi connectivity index (χ1) is 12.7. The number of esters is 1. The van der Waals surface area contributed by atoms with Crippen LogP contribution >= 0.6 is 0 Å². The number of pyridine rings is 1. The van der Waals surface area contributed by atoms with Gasteiger partial charge in [-0.25, -0.2) is 9.78 Å². The predicted molar refractivity (Wildman–Crippen MR) is 98.1 cm³/mol. The fourth-order valence-corrected chi connectivity index (χ4v) is 2.71. The molecule has 1 N–H and O–H groups in total. The summed E-state index contributed by atoms with van der Waals surface area (Å²) in [6.45, 7) is 0.465. The predicted octanol–water partition coefficient (Wildman–Crippen LogP) is 3.51. The minimum atomic E-state index is -0.454. The number of para-hydroxylation sites is 1. The number of anilines is 1. The Morgan fingerprint density at radius 3 is 2.73 bits per heavy atom. The number of nitrogens with one attached hydrogen (secondary N) is 1. The first kappa shape index (κ1) is 17.2. The van der Waals surface area contributed by atoms with Crippen molar-refractivity contribution in [2.24, 2.45) is 0 Å². The second-order valence-corrected chi connectivity index (χ2v) is 5.56. The fraction of sp³-hybridized carbons (Fsp3) is 0.150. The molecule has 0 unspecified atom stereocenters. The summed E-state index contributed by atoms with van der Waals surface area (Å²) in [5.41, 5.74) is 3.15. The second kappa shape index (κ2) is 7.53. The molecule has 0 aliphatic heterocycles. The van der Waals surface area contributed by atoms with Crippen LogP contribution in [0.15, 0.2) is 48.5 Å². The third-order valence-electron chi connectivity index (χ3n) is 3.98. The van der Waals surface area contributed by atoms with Crippen LogP contribution in [0.3, 0.4) is 0 Å². The van der Waals surface area contributed by atoms with Gasteiger partial charge in [0.2, 0.25) is 0 Å². The van der Waals surface area contributed by atoms with Crippen molar-refractivity contribution in [2.45, 2.75) is 6.54 Å². The highest BCUT2D eigenvalue weighted by atomic mass is 16.5. The van der Waals surface area contributed by atoms with Gasteiger partial charge in [-0.1, -0.05) is 24.3 Å². The molecule has 6 heteroatoms. The topological polar surface area (TPSA) is 84.2 Å². The van der Waals surface area contributed by atoms with Crippen molar-refractivity contribution in [1.82, 2.24) is 4.98 Å².